The minimum atomic E-state index is -0.729. The molecule has 1 aromatic rings. The number of nitrogens with zero attached hydrogens (tertiary/aromatic N) is 1. The topological polar surface area (TPSA) is 101 Å². The quantitative estimate of drug-likeness (QED) is 0.647. The monoisotopic (exact) mass is 240 g/mol. The molecular formula is C10H12N2O5. The first kappa shape index (κ1) is 11.7. The number of hydrogen-bond acceptors (Lipinski definition) is 5. The number of rotatable bonds is 2. The first-order valence-corrected chi connectivity index (χ1v) is 5.17. The number of aldehydes is 1. The maximum absolute atomic E-state index is 11.5. The molecule has 1 fully saturated rings. The Bertz CT molecular complexity index is 536. The molecule has 0 bridgehead atoms. The van der Waals surface area contributed by atoms with Crippen LogP contribution in [0.5, 0.6) is 0 Å². The fourth-order valence-electron chi connectivity index (χ4n) is 1.77. The van der Waals surface area contributed by atoms with Crippen LogP contribution in [0.15, 0.2) is 15.8 Å². The van der Waals surface area contributed by atoms with Gasteiger partial charge >= 0.3 is 5.69 Å². The van der Waals surface area contributed by atoms with Gasteiger partial charge in [-0.1, -0.05) is 0 Å². The van der Waals surface area contributed by atoms with Gasteiger partial charge in [0.25, 0.3) is 5.56 Å². The van der Waals surface area contributed by atoms with Crippen molar-refractivity contribution in [1.29, 1.82) is 0 Å². The molecule has 92 valence electrons. The normalized spacial score (nSPS) is 28.2. The molecule has 0 amide bonds. The third-order valence-corrected chi connectivity index (χ3v) is 2.79. The number of nitrogens with one attached hydrogen (secondary N) is 1. The first-order chi connectivity index (χ1) is 8.02. The lowest BCUT2D eigenvalue weighted by Gasteiger charge is -2.13. The zero-order valence-electron chi connectivity index (χ0n) is 9.12. The Hall–Kier alpha value is -1.73. The smallest absolute Gasteiger partial charge is 0.330 e. The molecule has 2 N–H and O–H groups in total. The largest absolute Gasteiger partial charge is 0.390 e. The van der Waals surface area contributed by atoms with E-state index in [1.807, 2.05) is 4.98 Å². The number of H-pyrrole nitrogens is 1. The summed E-state index contributed by atoms with van der Waals surface area (Å²) < 4.78 is 6.46. The Morgan fingerprint density at radius 1 is 1.59 bits per heavy atom. The van der Waals surface area contributed by atoms with Crippen molar-refractivity contribution >= 4 is 6.29 Å². The summed E-state index contributed by atoms with van der Waals surface area (Å²) in [6.45, 7) is 1.68. The molecule has 0 saturated carbocycles. The molecule has 0 spiro atoms. The van der Waals surface area contributed by atoms with E-state index < -0.39 is 29.7 Å². The Morgan fingerprint density at radius 2 is 2.29 bits per heavy atom. The number of carbonyl (C=O) groups is 1. The third kappa shape index (κ3) is 2.06. The van der Waals surface area contributed by atoms with E-state index in [1.165, 1.54) is 0 Å². The summed E-state index contributed by atoms with van der Waals surface area (Å²) in [5.41, 5.74) is -1.54. The Kier molecular flexibility index (Phi) is 2.95. The summed E-state index contributed by atoms with van der Waals surface area (Å²) in [5, 5.41) is 9.52. The maximum atomic E-state index is 11.5. The van der Waals surface area contributed by atoms with Crippen LogP contribution in [0.25, 0.3) is 0 Å². The van der Waals surface area contributed by atoms with Gasteiger partial charge in [-0.3, -0.25) is 19.1 Å². The number of ether oxygens (including phenoxy) is 1. The standard InChI is InChI=1S/C10H12N2O5/c1-5-7(14)2-8(17-5)12-3-6(4-13)9(15)11-10(12)16/h3-5,7-8,14H,2H2,1H3,(H,11,15,16)/t5?,7-,8?/m0/s1. The van der Waals surface area contributed by atoms with Gasteiger partial charge in [0.2, 0.25) is 0 Å². The van der Waals surface area contributed by atoms with Crippen molar-refractivity contribution in [2.75, 3.05) is 0 Å². The second-order valence-corrected chi connectivity index (χ2v) is 3.97. The highest BCUT2D eigenvalue weighted by molar-refractivity contribution is 5.73. The summed E-state index contributed by atoms with van der Waals surface area (Å²) in [7, 11) is 0. The third-order valence-electron chi connectivity index (χ3n) is 2.79. The molecular weight excluding hydrogens is 228 g/mol. The SMILES string of the molecule is CC1OC(n2cc(C=O)c(=O)[nH]c2=O)C[C@@H]1O. The van der Waals surface area contributed by atoms with E-state index in [-0.39, 0.29) is 12.0 Å². The summed E-state index contributed by atoms with van der Waals surface area (Å²) in [6, 6.07) is 0. The summed E-state index contributed by atoms with van der Waals surface area (Å²) >= 11 is 0. The molecule has 0 aromatic carbocycles. The second-order valence-electron chi connectivity index (χ2n) is 3.97. The number of hydrogen-bond donors (Lipinski definition) is 2. The fourth-order valence-corrected chi connectivity index (χ4v) is 1.77. The van der Waals surface area contributed by atoms with Crippen molar-refractivity contribution in [2.24, 2.45) is 0 Å². The average molecular weight is 240 g/mol. The van der Waals surface area contributed by atoms with Gasteiger partial charge < -0.3 is 9.84 Å². The van der Waals surface area contributed by atoms with E-state index in [0.29, 0.717) is 6.29 Å². The van der Waals surface area contributed by atoms with Crippen LogP contribution in [0.3, 0.4) is 0 Å². The van der Waals surface area contributed by atoms with Crippen molar-refractivity contribution in [1.82, 2.24) is 9.55 Å². The second kappa shape index (κ2) is 4.27. The van der Waals surface area contributed by atoms with Crippen molar-refractivity contribution < 1.29 is 14.6 Å². The van der Waals surface area contributed by atoms with E-state index in [4.69, 9.17) is 4.74 Å². The van der Waals surface area contributed by atoms with Gasteiger partial charge in [-0.2, -0.15) is 0 Å². The van der Waals surface area contributed by atoms with Crippen LogP contribution < -0.4 is 11.2 Å². The molecule has 1 aromatic heterocycles. The van der Waals surface area contributed by atoms with E-state index in [0.717, 1.165) is 10.8 Å². The fraction of sp³-hybridized carbons (Fsp3) is 0.500. The first-order valence-electron chi connectivity index (χ1n) is 5.17. The van der Waals surface area contributed by atoms with Gasteiger partial charge in [-0.05, 0) is 6.92 Å². The number of aliphatic hydroxyl groups is 1. The molecule has 2 unspecified atom stereocenters. The van der Waals surface area contributed by atoms with E-state index in [2.05, 4.69) is 0 Å². The van der Waals surface area contributed by atoms with Crippen molar-refractivity contribution in [2.45, 2.75) is 31.8 Å². The van der Waals surface area contributed by atoms with Crippen LogP contribution in [0.1, 0.15) is 29.9 Å². The highest BCUT2D eigenvalue weighted by atomic mass is 16.5. The average Bonchev–Trinajstić information content (AvgIpc) is 2.59. The molecule has 17 heavy (non-hydrogen) atoms. The van der Waals surface area contributed by atoms with Crippen LogP contribution >= 0.6 is 0 Å². The van der Waals surface area contributed by atoms with Gasteiger partial charge in [0.05, 0.1) is 17.8 Å². The molecule has 3 atom stereocenters. The van der Waals surface area contributed by atoms with Crippen LogP contribution in [0.2, 0.25) is 0 Å². The van der Waals surface area contributed by atoms with Crippen molar-refractivity contribution in [3.8, 4) is 0 Å². The minimum Gasteiger partial charge on any atom is -0.390 e. The van der Waals surface area contributed by atoms with E-state index >= 15 is 0 Å². The van der Waals surface area contributed by atoms with Crippen LogP contribution in [0.4, 0.5) is 0 Å². The highest BCUT2D eigenvalue weighted by Crippen LogP contribution is 2.26. The Balaban J connectivity index is 2.43. The minimum absolute atomic E-state index is 0.151. The zero-order chi connectivity index (χ0) is 12.6. The van der Waals surface area contributed by atoms with Crippen LogP contribution in [0, 0.1) is 0 Å². The van der Waals surface area contributed by atoms with Gasteiger partial charge in [0, 0.05) is 12.6 Å². The number of aromatic nitrogens is 2. The lowest BCUT2D eigenvalue weighted by Crippen LogP contribution is -2.34. The summed E-state index contributed by atoms with van der Waals surface area (Å²) in [5.74, 6) is 0. The molecule has 7 heteroatoms. The molecule has 7 nitrogen and oxygen atoms in total. The molecule has 2 heterocycles. The van der Waals surface area contributed by atoms with E-state index in [1.54, 1.807) is 6.92 Å². The lowest BCUT2D eigenvalue weighted by atomic mass is 10.2. The molecule has 2 rings (SSSR count). The van der Waals surface area contributed by atoms with Crippen molar-refractivity contribution in [3.63, 3.8) is 0 Å². The van der Waals surface area contributed by atoms with E-state index in [9.17, 15) is 19.5 Å². The maximum Gasteiger partial charge on any atom is 0.330 e. The van der Waals surface area contributed by atoms with Gasteiger partial charge in [-0.15, -0.1) is 0 Å². The zero-order valence-corrected chi connectivity index (χ0v) is 9.12. The van der Waals surface area contributed by atoms with Gasteiger partial charge in [-0.25, -0.2) is 4.79 Å². The highest BCUT2D eigenvalue weighted by Gasteiger charge is 2.32. The number of aromatic amines is 1. The Morgan fingerprint density at radius 3 is 2.82 bits per heavy atom. The molecule has 0 aliphatic carbocycles. The number of carbonyl (C=O) groups excluding carboxylic acids is 1. The summed E-state index contributed by atoms with van der Waals surface area (Å²) in [4.78, 5) is 35.3. The van der Waals surface area contributed by atoms with Crippen molar-refractivity contribution in [3.05, 3.63) is 32.6 Å². The van der Waals surface area contributed by atoms with Crippen LogP contribution in [-0.2, 0) is 4.74 Å². The summed E-state index contributed by atoms with van der Waals surface area (Å²) in [6.07, 6.45) is 0.0264. The van der Waals surface area contributed by atoms with Gasteiger partial charge in [0.1, 0.15) is 6.23 Å². The molecule has 1 aliphatic rings. The Labute approximate surface area is 95.7 Å². The molecule has 1 saturated heterocycles. The van der Waals surface area contributed by atoms with Crippen LogP contribution in [-0.4, -0.2) is 33.2 Å². The predicted molar refractivity (Wildman–Crippen MR) is 56.9 cm³/mol. The predicted octanol–water partition coefficient (Wildman–Crippen LogP) is -0.983. The van der Waals surface area contributed by atoms with Gasteiger partial charge in [0.15, 0.2) is 6.29 Å². The molecule has 0 radical (unpaired) electrons. The lowest BCUT2D eigenvalue weighted by molar-refractivity contribution is -0.0102. The molecule has 1 aliphatic heterocycles. The number of aliphatic hydroxyl groups excluding tert-OH is 1.